The largest absolute Gasteiger partial charge is 0.310 e. The monoisotopic (exact) mass is 503 g/mol. The number of para-hydroxylation sites is 1. The molecule has 0 atom stereocenters. The highest BCUT2D eigenvalue weighted by molar-refractivity contribution is 5.89. The van der Waals surface area contributed by atoms with E-state index in [0.717, 1.165) is 17.1 Å². The highest BCUT2D eigenvalue weighted by atomic mass is 15.1. The molecule has 1 aliphatic carbocycles. The van der Waals surface area contributed by atoms with Crippen LogP contribution in [0.4, 0.5) is 11.4 Å². The van der Waals surface area contributed by atoms with Crippen LogP contribution in [0.1, 0.15) is 31.9 Å². The molecule has 1 nitrogen and oxygen atoms in total. The lowest BCUT2D eigenvalue weighted by molar-refractivity contribution is 0.660. The van der Waals surface area contributed by atoms with Gasteiger partial charge in [-0.2, -0.15) is 0 Å². The fourth-order valence-corrected chi connectivity index (χ4v) is 5.97. The third kappa shape index (κ3) is 4.21. The Morgan fingerprint density at radius 2 is 1.21 bits per heavy atom. The first-order valence-corrected chi connectivity index (χ1v) is 13.6. The SMILES string of the molecule is C=C/C(=C\C)N(c1ccc2c(c1)C(C)(C)c1cc(-c3ccccc3)ccc1-2)c1ccccc1-c1ccccc1. The van der Waals surface area contributed by atoms with Crippen LogP contribution in [-0.4, -0.2) is 0 Å². The van der Waals surface area contributed by atoms with Crippen LogP contribution in [0.2, 0.25) is 0 Å². The van der Waals surface area contributed by atoms with E-state index in [1.807, 2.05) is 6.08 Å². The number of nitrogens with zero attached hydrogens (tertiary/aromatic N) is 1. The van der Waals surface area contributed by atoms with Crippen LogP contribution < -0.4 is 4.90 Å². The number of rotatable bonds is 6. The Hall–Kier alpha value is -4.62. The molecule has 0 saturated heterocycles. The first-order chi connectivity index (χ1) is 19.0. The third-order valence-electron chi connectivity index (χ3n) is 8.02. The maximum Gasteiger partial charge on any atom is 0.0539 e. The molecule has 0 radical (unpaired) electrons. The van der Waals surface area contributed by atoms with Crippen molar-refractivity contribution in [2.24, 2.45) is 0 Å². The molecule has 6 rings (SSSR count). The summed E-state index contributed by atoms with van der Waals surface area (Å²) in [6.07, 6.45) is 4.08. The van der Waals surface area contributed by atoms with Crippen molar-refractivity contribution in [3.05, 3.63) is 157 Å². The maximum absolute atomic E-state index is 4.17. The summed E-state index contributed by atoms with van der Waals surface area (Å²) in [5.74, 6) is 0. The van der Waals surface area contributed by atoms with Crippen LogP contribution in [0.3, 0.4) is 0 Å². The van der Waals surface area contributed by atoms with Crippen LogP contribution in [-0.2, 0) is 5.41 Å². The van der Waals surface area contributed by atoms with Crippen molar-refractivity contribution in [2.75, 3.05) is 4.90 Å². The van der Waals surface area contributed by atoms with Crippen LogP contribution in [0, 0.1) is 0 Å². The van der Waals surface area contributed by atoms with Gasteiger partial charge in [-0.25, -0.2) is 0 Å². The van der Waals surface area contributed by atoms with Gasteiger partial charge >= 0.3 is 0 Å². The molecule has 0 N–H and O–H groups in total. The zero-order chi connectivity index (χ0) is 27.0. The molecule has 0 fully saturated rings. The van der Waals surface area contributed by atoms with Gasteiger partial charge in [0.05, 0.1) is 5.69 Å². The molecule has 5 aromatic carbocycles. The molecule has 0 aromatic heterocycles. The van der Waals surface area contributed by atoms with Crippen LogP contribution >= 0.6 is 0 Å². The van der Waals surface area contributed by atoms with Gasteiger partial charge in [-0.3, -0.25) is 0 Å². The number of hydrogen-bond donors (Lipinski definition) is 0. The average Bonchev–Trinajstić information content (AvgIpc) is 3.22. The number of benzene rings is 5. The molecular weight excluding hydrogens is 470 g/mol. The lowest BCUT2D eigenvalue weighted by Crippen LogP contribution is -2.19. The molecule has 0 heterocycles. The molecule has 0 amide bonds. The van der Waals surface area contributed by atoms with Gasteiger partial charge in [0.25, 0.3) is 0 Å². The van der Waals surface area contributed by atoms with Crippen molar-refractivity contribution >= 4 is 11.4 Å². The summed E-state index contributed by atoms with van der Waals surface area (Å²) < 4.78 is 0. The maximum atomic E-state index is 4.17. The van der Waals surface area contributed by atoms with E-state index in [2.05, 4.69) is 160 Å². The molecule has 1 heteroatoms. The standard InChI is InChI=1S/C38H33N/c1-5-30(6-2)39(37-20-14-13-19-32(37)28-17-11-8-12-18-28)31-22-24-34-33-23-21-29(27-15-9-7-10-16-27)25-35(33)38(3,4)36(34)26-31/h5-26H,1H2,2-4H3/b30-6+. The van der Waals surface area contributed by atoms with E-state index >= 15 is 0 Å². The zero-order valence-electron chi connectivity index (χ0n) is 22.9. The Balaban J connectivity index is 1.50. The first-order valence-electron chi connectivity index (χ1n) is 13.6. The van der Waals surface area contributed by atoms with Crippen molar-refractivity contribution in [1.82, 2.24) is 0 Å². The molecular formula is C38H33N. The summed E-state index contributed by atoms with van der Waals surface area (Å²) >= 11 is 0. The Morgan fingerprint density at radius 3 is 1.87 bits per heavy atom. The number of allylic oxidation sites excluding steroid dienone is 2. The third-order valence-corrected chi connectivity index (χ3v) is 8.02. The van der Waals surface area contributed by atoms with Crippen LogP contribution in [0.15, 0.2) is 146 Å². The molecule has 0 aliphatic heterocycles. The second-order valence-electron chi connectivity index (χ2n) is 10.6. The Kier molecular flexibility index (Phi) is 6.29. The van der Waals surface area contributed by atoms with E-state index in [1.165, 1.54) is 44.5 Å². The number of fused-ring (bicyclic) bond motifs is 3. The molecule has 0 spiro atoms. The van der Waals surface area contributed by atoms with Gasteiger partial charge in [-0.05, 0) is 76.2 Å². The quantitative estimate of drug-likeness (QED) is 0.208. The fraction of sp³-hybridized carbons (Fsp3) is 0.105. The Labute approximate surface area is 232 Å². The summed E-state index contributed by atoms with van der Waals surface area (Å²) in [5.41, 5.74) is 13.5. The molecule has 190 valence electrons. The first kappa shape index (κ1) is 24.7. The van der Waals surface area contributed by atoms with E-state index < -0.39 is 0 Å². The van der Waals surface area contributed by atoms with Crippen molar-refractivity contribution in [1.29, 1.82) is 0 Å². The smallest absolute Gasteiger partial charge is 0.0539 e. The van der Waals surface area contributed by atoms with Gasteiger partial charge in [-0.1, -0.05) is 124 Å². The van der Waals surface area contributed by atoms with Gasteiger partial charge in [0.15, 0.2) is 0 Å². The van der Waals surface area contributed by atoms with Gasteiger partial charge < -0.3 is 4.90 Å². The van der Waals surface area contributed by atoms with Crippen molar-refractivity contribution in [2.45, 2.75) is 26.2 Å². The predicted octanol–water partition coefficient (Wildman–Crippen LogP) is 10.6. The van der Waals surface area contributed by atoms with Gasteiger partial charge in [0.2, 0.25) is 0 Å². The van der Waals surface area contributed by atoms with Gasteiger partial charge in [0, 0.05) is 22.4 Å². The molecule has 39 heavy (non-hydrogen) atoms. The summed E-state index contributed by atoms with van der Waals surface area (Å²) in [6.45, 7) is 10.9. The molecule has 5 aromatic rings. The summed E-state index contributed by atoms with van der Waals surface area (Å²) in [5, 5.41) is 0. The van der Waals surface area contributed by atoms with E-state index in [0.29, 0.717) is 0 Å². The van der Waals surface area contributed by atoms with Crippen LogP contribution in [0.25, 0.3) is 33.4 Å². The average molecular weight is 504 g/mol. The van der Waals surface area contributed by atoms with E-state index in [1.54, 1.807) is 0 Å². The Bertz CT molecular complexity index is 1690. The number of hydrogen-bond acceptors (Lipinski definition) is 1. The topological polar surface area (TPSA) is 3.24 Å². The van der Waals surface area contributed by atoms with Crippen LogP contribution in [0.5, 0.6) is 0 Å². The van der Waals surface area contributed by atoms with Gasteiger partial charge in [0.1, 0.15) is 0 Å². The Morgan fingerprint density at radius 1 is 0.615 bits per heavy atom. The second kappa shape index (κ2) is 9.93. The van der Waals surface area contributed by atoms with Crippen molar-refractivity contribution in [3.63, 3.8) is 0 Å². The summed E-state index contributed by atoms with van der Waals surface area (Å²) in [4.78, 5) is 2.34. The van der Waals surface area contributed by atoms with E-state index in [9.17, 15) is 0 Å². The fourth-order valence-electron chi connectivity index (χ4n) is 5.97. The minimum Gasteiger partial charge on any atom is -0.310 e. The molecule has 0 unspecified atom stereocenters. The molecule has 1 aliphatic rings. The number of anilines is 2. The summed E-state index contributed by atoms with van der Waals surface area (Å²) in [6, 6.07) is 43.8. The zero-order valence-corrected chi connectivity index (χ0v) is 22.9. The van der Waals surface area contributed by atoms with Crippen molar-refractivity contribution < 1.29 is 0 Å². The second-order valence-corrected chi connectivity index (χ2v) is 10.6. The lowest BCUT2D eigenvalue weighted by atomic mass is 9.81. The molecule has 0 bridgehead atoms. The normalized spacial score (nSPS) is 13.5. The minimum atomic E-state index is -0.125. The van der Waals surface area contributed by atoms with Gasteiger partial charge in [-0.15, -0.1) is 0 Å². The highest BCUT2D eigenvalue weighted by Crippen LogP contribution is 2.51. The highest BCUT2D eigenvalue weighted by Gasteiger charge is 2.36. The van der Waals surface area contributed by atoms with Crippen molar-refractivity contribution in [3.8, 4) is 33.4 Å². The molecule has 0 saturated carbocycles. The van der Waals surface area contributed by atoms with E-state index in [4.69, 9.17) is 0 Å². The minimum absolute atomic E-state index is 0.125. The lowest BCUT2D eigenvalue weighted by Gasteiger charge is -2.30. The predicted molar refractivity (Wildman–Crippen MR) is 167 cm³/mol. The summed E-state index contributed by atoms with van der Waals surface area (Å²) in [7, 11) is 0. The van der Waals surface area contributed by atoms with E-state index in [-0.39, 0.29) is 5.41 Å².